The summed E-state index contributed by atoms with van der Waals surface area (Å²) in [6, 6.07) is 14.2. The van der Waals surface area contributed by atoms with E-state index in [-0.39, 0.29) is 23.6 Å². The van der Waals surface area contributed by atoms with Gasteiger partial charge in [0.15, 0.2) is 27.8 Å². The Morgan fingerprint density at radius 2 is 1.65 bits per heavy atom. The van der Waals surface area contributed by atoms with Gasteiger partial charge in [-0.05, 0) is 95.9 Å². The maximum absolute atomic E-state index is 14.0. The van der Waals surface area contributed by atoms with Gasteiger partial charge in [0.05, 0.1) is 47.6 Å². The summed E-state index contributed by atoms with van der Waals surface area (Å²) in [7, 11) is 1.29. The minimum atomic E-state index is -0.811. The van der Waals surface area contributed by atoms with Gasteiger partial charge in [-0.2, -0.15) is 0 Å². The van der Waals surface area contributed by atoms with Gasteiger partial charge in [-0.25, -0.2) is 14.2 Å². The average molecular weight is 712 g/mol. The first kappa shape index (κ1) is 33.0. The van der Waals surface area contributed by atoms with E-state index in [1.165, 1.54) is 41.3 Å². The maximum atomic E-state index is 14.0. The fourth-order valence-corrected chi connectivity index (χ4v) is 6.49. The molecule has 12 heteroatoms. The Hall–Kier alpha value is -4.42. The molecule has 0 unspecified atom stereocenters. The van der Waals surface area contributed by atoms with Gasteiger partial charge in [-0.3, -0.25) is 9.36 Å². The highest BCUT2D eigenvalue weighted by molar-refractivity contribution is 9.10. The van der Waals surface area contributed by atoms with Gasteiger partial charge < -0.3 is 23.7 Å². The van der Waals surface area contributed by atoms with Crippen molar-refractivity contribution >= 4 is 39.3 Å². The summed E-state index contributed by atoms with van der Waals surface area (Å²) >= 11 is 4.78. The van der Waals surface area contributed by atoms with E-state index in [9.17, 15) is 14.0 Å². The Kier molecular flexibility index (Phi) is 10.6. The van der Waals surface area contributed by atoms with Gasteiger partial charge in [0, 0.05) is 6.20 Å². The SMILES string of the molecule is CCOc1ccc([C@H]2C(C(=O)OC)=CN=c3s/c(=C\c4cc(Br)c(OCc5ccc(F)cc5)c(OCC)c4)c(=O)n32)cc1OCC. The van der Waals surface area contributed by atoms with Crippen molar-refractivity contribution in [1.82, 2.24) is 4.57 Å². The van der Waals surface area contributed by atoms with Crippen molar-refractivity contribution in [1.29, 1.82) is 0 Å². The van der Waals surface area contributed by atoms with Crippen molar-refractivity contribution in [2.24, 2.45) is 4.99 Å². The van der Waals surface area contributed by atoms with E-state index in [1.54, 1.807) is 42.5 Å². The third-order valence-electron chi connectivity index (χ3n) is 6.93. The third-order valence-corrected chi connectivity index (χ3v) is 8.52. The molecule has 5 rings (SSSR count). The molecule has 240 valence electrons. The van der Waals surface area contributed by atoms with Crippen LogP contribution in [0.15, 0.2) is 80.6 Å². The van der Waals surface area contributed by atoms with E-state index in [0.29, 0.717) is 67.8 Å². The highest BCUT2D eigenvalue weighted by atomic mass is 79.9. The molecule has 0 amide bonds. The predicted molar refractivity (Wildman–Crippen MR) is 176 cm³/mol. The Morgan fingerprint density at radius 1 is 0.957 bits per heavy atom. The van der Waals surface area contributed by atoms with Gasteiger partial charge in [0.25, 0.3) is 5.56 Å². The molecule has 0 saturated carbocycles. The van der Waals surface area contributed by atoms with E-state index < -0.39 is 12.0 Å². The number of halogens is 2. The molecule has 1 aliphatic rings. The largest absolute Gasteiger partial charge is 0.490 e. The molecule has 1 aromatic heterocycles. The normalized spacial score (nSPS) is 14.2. The highest BCUT2D eigenvalue weighted by Gasteiger charge is 2.31. The number of methoxy groups -OCH3 is 1. The number of carbonyl (C=O) groups is 1. The predicted octanol–water partition coefficient (Wildman–Crippen LogP) is 5.69. The van der Waals surface area contributed by atoms with Gasteiger partial charge in [0.1, 0.15) is 12.4 Å². The van der Waals surface area contributed by atoms with Crippen LogP contribution in [-0.2, 0) is 16.1 Å². The second-order valence-electron chi connectivity index (χ2n) is 9.93. The van der Waals surface area contributed by atoms with Crippen LogP contribution in [-0.4, -0.2) is 37.5 Å². The summed E-state index contributed by atoms with van der Waals surface area (Å²) < 4.78 is 44.4. The van der Waals surface area contributed by atoms with Crippen molar-refractivity contribution in [3.05, 3.63) is 113 Å². The number of hydrogen-bond donors (Lipinski definition) is 0. The lowest BCUT2D eigenvalue weighted by atomic mass is 9.97. The lowest BCUT2D eigenvalue weighted by Crippen LogP contribution is -2.39. The number of fused-ring (bicyclic) bond motifs is 1. The topological polar surface area (TPSA) is 97.6 Å². The molecule has 1 atom stereocenters. The van der Waals surface area contributed by atoms with Crippen LogP contribution < -0.4 is 33.8 Å². The van der Waals surface area contributed by atoms with Crippen molar-refractivity contribution in [2.75, 3.05) is 26.9 Å². The quantitative estimate of drug-likeness (QED) is 0.174. The summed E-state index contributed by atoms with van der Waals surface area (Å²) in [6.45, 7) is 7.04. The molecule has 0 saturated heterocycles. The summed E-state index contributed by atoms with van der Waals surface area (Å²) in [5, 5.41) is 0. The minimum absolute atomic E-state index is 0.204. The van der Waals surface area contributed by atoms with Crippen molar-refractivity contribution in [3.8, 4) is 23.0 Å². The first-order valence-electron chi connectivity index (χ1n) is 14.6. The van der Waals surface area contributed by atoms with E-state index in [2.05, 4.69) is 20.9 Å². The number of aromatic nitrogens is 1. The molecular weight excluding hydrogens is 679 g/mol. The maximum Gasteiger partial charge on any atom is 0.337 e. The van der Waals surface area contributed by atoms with Crippen LogP contribution in [0.3, 0.4) is 0 Å². The van der Waals surface area contributed by atoms with E-state index in [4.69, 9.17) is 23.7 Å². The molecule has 0 aliphatic carbocycles. The molecule has 46 heavy (non-hydrogen) atoms. The molecule has 0 spiro atoms. The number of thiazole rings is 1. The molecular formula is C34H32BrFN2O7S. The van der Waals surface area contributed by atoms with E-state index in [0.717, 1.165) is 5.56 Å². The summed E-state index contributed by atoms with van der Waals surface area (Å²) in [4.78, 5) is 31.8. The number of benzene rings is 3. The van der Waals surface area contributed by atoms with Gasteiger partial charge in [-0.15, -0.1) is 0 Å². The van der Waals surface area contributed by atoms with Crippen LogP contribution in [0.4, 0.5) is 4.39 Å². The van der Waals surface area contributed by atoms with E-state index >= 15 is 0 Å². The first-order valence-corrected chi connectivity index (χ1v) is 16.2. The smallest absolute Gasteiger partial charge is 0.337 e. The van der Waals surface area contributed by atoms with Crippen molar-refractivity contribution in [3.63, 3.8) is 0 Å². The molecule has 0 fully saturated rings. The standard InChI is InChI=1S/C34H32BrFN2O7S/c1-5-42-26-13-10-22(17-27(26)43-6-2)30-24(33(40)41-4)18-37-34-38(30)32(39)29(46-34)16-21-14-25(35)31(28(15-21)44-7-3)45-19-20-8-11-23(36)12-9-20/h8-18,30H,5-7,19H2,1-4H3/b29-16-/t30-/m0/s1. The molecule has 2 heterocycles. The molecule has 0 radical (unpaired) electrons. The molecule has 1 aliphatic heterocycles. The zero-order valence-electron chi connectivity index (χ0n) is 25.7. The number of carbonyl (C=O) groups excluding carboxylic acids is 1. The van der Waals surface area contributed by atoms with Crippen LogP contribution in [0, 0.1) is 5.82 Å². The van der Waals surface area contributed by atoms with Gasteiger partial charge in [-0.1, -0.05) is 29.5 Å². The molecule has 3 aromatic carbocycles. The number of esters is 1. The molecule has 0 N–H and O–H groups in total. The zero-order valence-corrected chi connectivity index (χ0v) is 28.1. The van der Waals surface area contributed by atoms with E-state index in [1.807, 2.05) is 26.8 Å². The number of ether oxygens (including phenoxy) is 5. The second-order valence-corrected chi connectivity index (χ2v) is 11.8. The van der Waals surface area contributed by atoms with Crippen LogP contribution in [0.2, 0.25) is 0 Å². The number of nitrogens with zero attached hydrogens (tertiary/aromatic N) is 2. The number of hydrogen-bond acceptors (Lipinski definition) is 9. The van der Waals surface area contributed by atoms with Gasteiger partial charge >= 0.3 is 5.97 Å². The summed E-state index contributed by atoms with van der Waals surface area (Å²) in [5.41, 5.74) is 1.98. The average Bonchev–Trinajstić information content (AvgIpc) is 3.36. The molecule has 9 nitrogen and oxygen atoms in total. The van der Waals surface area contributed by atoms with Crippen LogP contribution in [0.5, 0.6) is 23.0 Å². The summed E-state index contributed by atoms with van der Waals surface area (Å²) in [6.07, 6.45) is 3.18. The van der Waals surface area contributed by atoms with Crippen LogP contribution >= 0.6 is 27.3 Å². The van der Waals surface area contributed by atoms with Crippen molar-refractivity contribution in [2.45, 2.75) is 33.4 Å². The first-order chi connectivity index (χ1) is 22.3. The monoisotopic (exact) mass is 710 g/mol. The fourth-order valence-electron chi connectivity index (χ4n) is 4.95. The second kappa shape index (κ2) is 14.8. The Balaban J connectivity index is 1.57. The zero-order chi connectivity index (χ0) is 32.8. The third kappa shape index (κ3) is 7.02. The summed E-state index contributed by atoms with van der Waals surface area (Å²) in [5.74, 6) is 1.09. The lowest BCUT2D eigenvalue weighted by molar-refractivity contribution is -0.136. The number of rotatable bonds is 12. The van der Waals surface area contributed by atoms with Crippen molar-refractivity contribution < 1.29 is 32.9 Å². The van der Waals surface area contributed by atoms with Gasteiger partial charge in [0.2, 0.25) is 0 Å². The Bertz CT molecular complexity index is 1950. The van der Waals surface area contributed by atoms with Crippen LogP contribution in [0.25, 0.3) is 6.08 Å². The highest BCUT2D eigenvalue weighted by Crippen LogP contribution is 2.38. The Morgan fingerprint density at radius 3 is 2.35 bits per heavy atom. The fraction of sp³-hybridized carbons (Fsp3) is 0.265. The minimum Gasteiger partial charge on any atom is -0.490 e. The lowest BCUT2D eigenvalue weighted by Gasteiger charge is -2.23. The Labute approximate surface area is 277 Å². The molecule has 4 aromatic rings. The van der Waals surface area contributed by atoms with Crippen LogP contribution in [0.1, 0.15) is 43.5 Å². The molecule has 0 bridgehead atoms.